The van der Waals surface area contributed by atoms with Crippen molar-refractivity contribution in [3.63, 3.8) is 0 Å². The minimum absolute atomic E-state index is 0.615. The number of benzene rings is 10. The average molecular weight is 804 g/mol. The van der Waals surface area contributed by atoms with Gasteiger partial charge in [0, 0.05) is 27.5 Å². The third-order valence-electron chi connectivity index (χ3n) is 12.2. The molecule has 0 saturated carbocycles. The quantitative estimate of drug-likeness (QED) is 0.161. The lowest BCUT2D eigenvalue weighted by molar-refractivity contribution is 0.669. The van der Waals surface area contributed by atoms with Gasteiger partial charge in [0.2, 0.25) is 0 Å². The van der Waals surface area contributed by atoms with E-state index in [9.17, 15) is 0 Å². The van der Waals surface area contributed by atoms with Crippen LogP contribution in [0.1, 0.15) is 0 Å². The molecule has 10 aromatic carbocycles. The van der Waals surface area contributed by atoms with Crippen LogP contribution in [0.2, 0.25) is 0 Å². The van der Waals surface area contributed by atoms with E-state index in [1.54, 1.807) is 0 Å². The molecular formula is C59H37N3O. The van der Waals surface area contributed by atoms with E-state index in [-0.39, 0.29) is 0 Å². The second-order valence-corrected chi connectivity index (χ2v) is 15.9. The topological polar surface area (TPSA) is 51.8 Å². The van der Waals surface area contributed by atoms with Gasteiger partial charge >= 0.3 is 0 Å². The van der Waals surface area contributed by atoms with Crippen LogP contribution in [0, 0.1) is 0 Å². The van der Waals surface area contributed by atoms with Crippen molar-refractivity contribution in [2.24, 2.45) is 0 Å². The molecule has 0 spiro atoms. The lowest BCUT2D eigenvalue weighted by Gasteiger charge is -2.13. The normalized spacial score (nSPS) is 11.5. The molecule has 12 rings (SSSR count). The van der Waals surface area contributed by atoms with Crippen molar-refractivity contribution in [3.8, 4) is 78.7 Å². The first-order valence-electron chi connectivity index (χ1n) is 21.3. The molecular weight excluding hydrogens is 767 g/mol. The zero-order valence-electron chi connectivity index (χ0n) is 34.1. The van der Waals surface area contributed by atoms with Gasteiger partial charge in [-0.15, -0.1) is 0 Å². The summed E-state index contributed by atoms with van der Waals surface area (Å²) in [6.07, 6.45) is 0. The highest BCUT2D eigenvalue weighted by Crippen LogP contribution is 2.41. The Balaban J connectivity index is 0.977. The molecule has 2 heterocycles. The standard InChI is InChI=1S/C59H37N3O/c1-3-13-38(14-4-1)39-25-29-43(30-26-39)57-60-58(44-31-27-42(28-32-44)47-22-11-18-40-17-7-8-19-46(40)47)62-59(61-57)52-36-35-48(50-20-9-10-21-51(50)52)45-33-34-53-55(37-45)63-54-24-12-23-49(56(53)54)41-15-5-2-6-16-41/h1-37H. The summed E-state index contributed by atoms with van der Waals surface area (Å²) >= 11 is 0. The molecule has 0 N–H and O–H groups in total. The second kappa shape index (κ2) is 15.2. The van der Waals surface area contributed by atoms with Crippen molar-refractivity contribution in [1.29, 1.82) is 0 Å². The molecule has 0 amide bonds. The second-order valence-electron chi connectivity index (χ2n) is 15.9. The largest absolute Gasteiger partial charge is 0.456 e. The summed E-state index contributed by atoms with van der Waals surface area (Å²) in [5.74, 6) is 1.85. The number of nitrogens with zero attached hydrogens (tertiary/aromatic N) is 3. The number of aromatic nitrogens is 3. The van der Waals surface area contributed by atoms with Gasteiger partial charge in [-0.25, -0.2) is 15.0 Å². The predicted molar refractivity (Wildman–Crippen MR) is 260 cm³/mol. The van der Waals surface area contributed by atoms with Gasteiger partial charge in [-0.2, -0.15) is 0 Å². The maximum atomic E-state index is 6.55. The van der Waals surface area contributed by atoms with E-state index in [4.69, 9.17) is 19.4 Å². The SMILES string of the molecule is c1ccc(-c2ccc(-c3nc(-c4ccc(-c5cccc6ccccc56)cc4)nc(-c4ccc(-c5ccc6c(c5)oc5cccc(-c7ccccc7)c56)c5ccccc45)n3)cc2)cc1. The molecule has 0 atom stereocenters. The highest BCUT2D eigenvalue weighted by atomic mass is 16.3. The summed E-state index contributed by atoms with van der Waals surface area (Å²) in [6, 6.07) is 78.7. The molecule has 0 fully saturated rings. The summed E-state index contributed by atoms with van der Waals surface area (Å²) < 4.78 is 6.55. The van der Waals surface area contributed by atoms with Crippen LogP contribution in [0.15, 0.2) is 229 Å². The number of hydrogen-bond acceptors (Lipinski definition) is 4. The van der Waals surface area contributed by atoms with E-state index < -0.39 is 0 Å². The van der Waals surface area contributed by atoms with Crippen molar-refractivity contribution in [3.05, 3.63) is 224 Å². The molecule has 2 aromatic heterocycles. The summed E-state index contributed by atoms with van der Waals surface area (Å²) in [5.41, 5.74) is 13.7. The molecule has 0 unspecified atom stereocenters. The van der Waals surface area contributed by atoms with E-state index in [2.05, 4.69) is 212 Å². The van der Waals surface area contributed by atoms with E-state index in [0.29, 0.717) is 17.5 Å². The Morgan fingerprint density at radius 1 is 0.254 bits per heavy atom. The molecule has 294 valence electrons. The van der Waals surface area contributed by atoms with Crippen molar-refractivity contribution >= 4 is 43.5 Å². The highest BCUT2D eigenvalue weighted by Gasteiger charge is 2.18. The molecule has 4 heteroatoms. The monoisotopic (exact) mass is 803 g/mol. The molecule has 0 aliphatic rings. The van der Waals surface area contributed by atoms with Crippen LogP contribution in [0.3, 0.4) is 0 Å². The van der Waals surface area contributed by atoms with Gasteiger partial charge in [-0.1, -0.05) is 200 Å². The fourth-order valence-corrected chi connectivity index (χ4v) is 9.07. The highest BCUT2D eigenvalue weighted by molar-refractivity contribution is 6.14. The zero-order chi connectivity index (χ0) is 41.7. The van der Waals surface area contributed by atoms with Crippen LogP contribution in [0.4, 0.5) is 0 Å². The van der Waals surface area contributed by atoms with Crippen LogP contribution in [-0.4, -0.2) is 15.0 Å². The predicted octanol–water partition coefficient (Wildman–Crippen LogP) is 15.7. The Kier molecular flexibility index (Phi) is 8.79. The Morgan fingerprint density at radius 2 is 0.730 bits per heavy atom. The van der Waals surface area contributed by atoms with Crippen molar-refractivity contribution < 1.29 is 4.42 Å². The van der Waals surface area contributed by atoms with Crippen LogP contribution < -0.4 is 0 Å². The lowest BCUT2D eigenvalue weighted by atomic mass is 9.93. The zero-order valence-corrected chi connectivity index (χ0v) is 34.1. The number of fused-ring (bicyclic) bond motifs is 5. The van der Waals surface area contributed by atoms with Gasteiger partial charge in [-0.05, 0) is 90.3 Å². The summed E-state index contributed by atoms with van der Waals surface area (Å²) in [5, 5.41) is 6.83. The molecule has 0 aliphatic carbocycles. The maximum absolute atomic E-state index is 6.55. The molecule has 63 heavy (non-hydrogen) atoms. The van der Waals surface area contributed by atoms with Crippen LogP contribution in [0.5, 0.6) is 0 Å². The first kappa shape index (κ1) is 36.4. The molecule has 0 aliphatic heterocycles. The first-order chi connectivity index (χ1) is 31.2. The molecule has 4 nitrogen and oxygen atoms in total. The smallest absolute Gasteiger partial charge is 0.164 e. The Bertz CT molecular complexity index is 3650. The minimum atomic E-state index is 0.615. The third kappa shape index (κ3) is 6.53. The van der Waals surface area contributed by atoms with Gasteiger partial charge < -0.3 is 4.42 Å². The fourth-order valence-electron chi connectivity index (χ4n) is 9.07. The summed E-state index contributed by atoms with van der Waals surface area (Å²) in [7, 11) is 0. The molecule has 12 aromatic rings. The van der Waals surface area contributed by atoms with E-state index in [0.717, 1.165) is 77.2 Å². The first-order valence-corrected chi connectivity index (χ1v) is 21.3. The minimum Gasteiger partial charge on any atom is -0.456 e. The Labute approximate surface area is 364 Å². The lowest BCUT2D eigenvalue weighted by Crippen LogP contribution is -2.01. The number of rotatable bonds is 7. The van der Waals surface area contributed by atoms with Gasteiger partial charge in [-0.3, -0.25) is 0 Å². The van der Waals surface area contributed by atoms with Crippen LogP contribution in [0.25, 0.3) is 122 Å². The van der Waals surface area contributed by atoms with Crippen LogP contribution >= 0.6 is 0 Å². The number of hydrogen-bond donors (Lipinski definition) is 0. The van der Waals surface area contributed by atoms with E-state index in [1.165, 1.54) is 27.5 Å². The Morgan fingerprint density at radius 3 is 1.46 bits per heavy atom. The van der Waals surface area contributed by atoms with Crippen LogP contribution in [-0.2, 0) is 0 Å². The van der Waals surface area contributed by atoms with Crippen molar-refractivity contribution in [2.75, 3.05) is 0 Å². The summed E-state index contributed by atoms with van der Waals surface area (Å²) in [4.78, 5) is 15.6. The van der Waals surface area contributed by atoms with Gasteiger partial charge in [0.25, 0.3) is 0 Å². The maximum Gasteiger partial charge on any atom is 0.164 e. The molecule has 0 bridgehead atoms. The van der Waals surface area contributed by atoms with Gasteiger partial charge in [0.15, 0.2) is 17.5 Å². The fraction of sp³-hybridized carbons (Fsp3) is 0. The van der Waals surface area contributed by atoms with Gasteiger partial charge in [0.05, 0.1) is 0 Å². The molecule has 0 radical (unpaired) electrons. The molecule has 0 saturated heterocycles. The Hall–Kier alpha value is -8.47. The van der Waals surface area contributed by atoms with E-state index in [1.807, 2.05) is 12.1 Å². The summed E-state index contributed by atoms with van der Waals surface area (Å²) in [6.45, 7) is 0. The van der Waals surface area contributed by atoms with Crippen molar-refractivity contribution in [1.82, 2.24) is 15.0 Å². The number of furan rings is 1. The van der Waals surface area contributed by atoms with Gasteiger partial charge in [0.1, 0.15) is 11.2 Å². The third-order valence-corrected chi connectivity index (χ3v) is 12.2. The van der Waals surface area contributed by atoms with Crippen molar-refractivity contribution in [2.45, 2.75) is 0 Å². The van der Waals surface area contributed by atoms with E-state index >= 15 is 0 Å². The average Bonchev–Trinajstić information content (AvgIpc) is 3.75.